The van der Waals surface area contributed by atoms with Gasteiger partial charge in [-0.25, -0.2) is 8.42 Å². The molecule has 0 spiro atoms. The van der Waals surface area contributed by atoms with Crippen molar-refractivity contribution in [1.29, 1.82) is 0 Å². The number of hydrogen-bond acceptors (Lipinski definition) is 2. The van der Waals surface area contributed by atoms with Gasteiger partial charge in [-0.05, 0) is 25.5 Å². The first-order valence-corrected chi connectivity index (χ1v) is 9.03. The fourth-order valence-electron chi connectivity index (χ4n) is 2.24. The van der Waals surface area contributed by atoms with Gasteiger partial charge >= 0.3 is 0 Å². The van der Waals surface area contributed by atoms with Crippen molar-refractivity contribution in [3.05, 3.63) is 30.3 Å². The Morgan fingerprint density at radius 2 is 1.65 bits per heavy atom. The lowest BCUT2D eigenvalue weighted by atomic mass is 10.1. The van der Waals surface area contributed by atoms with E-state index >= 15 is 0 Å². The molecule has 0 saturated carbocycles. The molecule has 1 aromatic carbocycles. The van der Waals surface area contributed by atoms with E-state index in [2.05, 4.69) is 6.92 Å². The molecule has 3 nitrogen and oxygen atoms in total. The van der Waals surface area contributed by atoms with Crippen LogP contribution in [0, 0.1) is 0 Å². The second-order valence-electron chi connectivity index (χ2n) is 5.36. The molecular formula is C16H27NO2S. The molecule has 114 valence electrons. The fourth-order valence-corrected chi connectivity index (χ4v) is 3.66. The highest BCUT2D eigenvalue weighted by molar-refractivity contribution is 7.93. The molecule has 1 rings (SSSR count). The molecule has 0 saturated heterocycles. The quantitative estimate of drug-likeness (QED) is 0.641. The van der Waals surface area contributed by atoms with Gasteiger partial charge in [0.15, 0.2) is 0 Å². The van der Waals surface area contributed by atoms with Crippen LogP contribution in [0.15, 0.2) is 30.3 Å². The third-order valence-electron chi connectivity index (χ3n) is 3.72. The van der Waals surface area contributed by atoms with E-state index in [9.17, 15) is 8.42 Å². The fraction of sp³-hybridized carbons (Fsp3) is 0.625. The van der Waals surface area contributed by atoms with E-state index in [1.54, 1.807) is 7.05 Å². The van der Waals surface area contributed by atoms with E-state index in [4.69, 9.17) is 0 Å². The minimum absolute atomic E-state index is 0.325. The zero-order chi connectivity index (χ0) is 15.0. The van der Waals surface area contributed by atoms with Crippen molar-refractivity contribution >= 4 is 15.7 Å². The van der Waals surface area contributed by atoms with E-state index < -0.39 is 10.0 Å². The maximum absolute atomic E-state index is 12.5. The van der Waals surface area contributed by atoms with Gasteiger partial charge in [0, 0.05) is 7.05 Å². The van der Waals surface area contributed by atoms with Gasteiger partial charge in [-0.3, -0.25) is 4.31 Å². The third kappa shape index (κ3) is 4.82. The Morgan fingerprint density at radius 3 is 2.25 bits per heavy atom. The molecule has 0 heterocycles. The van der Waals surface area contributed by atoms with Crippen molar-refractivity contribution in [2.24, 2.45) is 0 Å². The molecule has 0 amide bonds. The number of anilines is 1. The molecule has 1 atom stereocenters. The van der Waals surface area contributed by atoms with Crippen LogP contribution in [-0.2, 0) is 10.0 Å². The lowest BCUT2D eigenvalue weighted by Gasteiger charge is -2.23. The summed E-state index contributed by atoms with van der Waals surface area (Å²) in [4.78, 5) is 0. The number of rotatable bonds is 9. The topological polar surface area (TPSA) is 37.4 Å². The molecule has 0 radical (unpaired) electrons. The molecule has 1 aromatic rings. The standard InChI is InChI=1S/C16H27NO2S/c1-4-5-6-7-9-12-15(2)20(18,19)17(3)16-13-10-8-11-14-16/h8,10-11,13-15H,4-7,9,12H2,1-3H3. The van der Waals surface area contributed by atoms with E-state index in [1.807, 2.05) is 37.3 Å². The zero-order valence-corrected chi connectivity index (χ0v) is 13.7. The molecule has 20 heavy (non-hydrogen) atoms. The zero-order valence-electron chi connectivity index (χ0n) is 12.9. The number of hydrogen-bond donors (Lipinski definition) is 0. The molecule has 0 aliphatic heterocycles. The first-order chi connectivity index (χ1) is 9.50. The Balaban J connectivity index is 2.55. The Morgan fingerprint density at radius 1 is 1.05 bits per heavy atom. The predicted molar refractivity (Wildman–Crippen MR) is 86.6 cm³/mol. The summed E-state index contributed by atoms with van der Waals surface area (Å²) in [5.74, 6) is 0. The highest BCUT2D eigenvalue weighted by atomic mass is 32.2. The van der Waals surface area contributed by atoms with Gasteiger partial charge in [-0.2, -0.15) is 0 Å². The van der Waals surface area contributed by atoms with Crippen LogP contribution in [-0.4, -0.2) is 20.7 Å². The minimum Gasteiger partial charge on any atom is -0.273 e. The summed E-state index contributed by atoms with van der Waals surface area (Å²) in [7, 11) is -1.61. The average molecular weight is 297 g/mol. The van der Waals surface area contributed by atoms with Crippen LogP contribution in [0.2, 0.25) is 0 Å². The van der Waals surface area contributed by atoms with Gasteiger partial charge in [0.2, 0.25) is 10.0 Å². The van der Waals surface area contributed by atoms with Crippen molar-refractivity contribution < 1.29 is 8.42 Å². The van der Waals surface area contributed by atoms with Gasteiger partial charge in [-0.1, -0.05) is 57.2 Å². The Hall–Kier alpha value is -1.03. The monoisotopic (exact) mass is 297 g/mol. The Bertz CT molecular complexity index is 471. The van der Waals surface area contributed by atoms with Crippen molar-refractivity contribution in [2.75, 3.05) is 11.4 Å². The van der Waals surface area contributed by atoms with Gasteiger partial charge in [-0.15, -0.1) is 0 Å². The van der Waals surface area contributed by atoms with Crippen LogP contribution in [0.4, 0.5) is 5.69 Å². The van der Waals surface area contributed by atoms with E-state index in [-0.39, 0.29) is 5.25 Å². The summed E-state index contributed by atoms with van der Waals surface area (Å²) in [6.07, 6.45) is 6.52. The van der Waals surface area contributed by atoms with E-state index in [0.29, 0.717) is 0 Å². The average Bonchev–Trinajstić information content (AvgIpc) is 2.46. The summed E-state index contributed by atoms with van der Waals surface area (Å²) in [6.45, 7) is 4.00. The van der Waals surface area contributed by atoms with Crippen LogP contribution in [0.3, 0.4) is 0 Å². The molecule has 0 aliphatic rings. The lowest BCUT2D eigenvalue weighted by Crippen LogP contribution is -2.34. The highest BCUT2D eigenvalue weighted by Crippen LogP contribution is 2.21. The van der Waals surface area contributed by atoms with Gasteiger partial charge < -0.3 is 0 Å². The second-order valence-corrected chi connectivity index (χ2v) is 7.74. The minimum atomic E-state index is -3.25. The molecule has 0 N–H and O–H groups in total. The van der Waals surface area contributed by atoms with Gasteiger partial charge in [0.25, 0.3) is 0 Å². The number of sulfonamides is 1. The molecule has 0 fully saturated rings. The summed E-state index contributed by atoms with van der Waals surface area (Å²) < 4.78 is 26.4. The van der Waals surface area contributed by atoms with Gasteiger partial charge in [0.1, 0.15) is 0 Å². The van der Waals surface area contributed by atoms with Crippen LogP contribution in [0.25, 0.3) is 0 Å². The molecule has 0 aliphatic carbocycles. The number of benzene rings is 1. The van der Waals surface area contributed by atoms with Crippen LogP contribution in [0.5, 0.6) is 0 Å². The predicted octanol–water partition coefficient (Wildman–Crippen LogP) is 4.20. The number of para-hydroxylation sites is 1. The van der Waals surface area contributed by atoms with Crippen molar-refractivity contribution in [2.45, 2.75) is 57.6 Å². The molecule has 4 heteroatoms. The van der Waals surface area contributed by atoms with Crippen molar-refractivity contribution in [3.8, 4) is 0 Å². The maximum Gasteiger partial charge on any atom is 0.237 e. The highest BCUT2D eigenvalue weighted by Gasteiger charge is 2.25. The van der Waals surface area contributed by atoms with Crippen molar-refractivity contribution in [3.63, 3.8) is 0 Å². The van der Waals surface area contributed by atoms with Crippen LogP contribution >= 0.6 is 0 Å². The first kappa shape index (κ1) is 17.0. The number of unbranched alkanes of at least 4 members (excludes halogenated alkanes) is 4. The number of nitrogens with zero attached hydrogens (tertiary/aromatic N) is 1. The first-order valence-electron chi connectivity index (χ1n) is 7.53. The second kappa shape index (κ2) is 8.30. The van der Waals surface area contributed by atoms with Crippen LogP contribution < -0.4 is 4.31 Å². The normalized spacial score (nSPS) is 13.2. The smallest absolute Gasteiger partial charge is 0.237 e. The van der Waals surface area contributed by atoms with Crippen molar-refractivity contribution in [1.82, 2.24) is 0 Å². The van der Waals surface area contributed by atoms with E-state index in [0.717, 1.165) is 24.9 Å². The Kier molecular flexibility index (Phi) is 7.06. The SMILES string of the molecule is CCCCCCCC(C)S(=O)(=O)N(C)c1ccccc1. The maximum atomic E-state index is 12.5. The Labute approximate surface area is 124 Å². The lowest BCUT2D eigenvalue weighted by molar-refractivity contribution is 0.557. The summed E-state index contributed by atoms with van der Waals surface area (Å²) in [5, 5.41) is -0.325. The van der Waals surface area contributed by atoms with Gasteiger partial charge in [0.05, 0.1) is 10.9 Å². The van der Waals surface area contributed by atoms with E-state index in [1.165, 1.54) is 23.6 Å². The third-order valence-corrected chi connectivity index (χ3v) is 5.95. The summed E-state index contributed by atoms with van der Waals surface area (Å²) in [5.41, 5.74) is 0.727. The largest absolute Gasteiger partial charge is 0.273 e. The molecule has 0 aromatic heterocycles. The summed E-state index contributed by atoms with van der Waals surface area (Å²) in [6, 6.07) is 9.26. The molecular weight excluding hydrogens is 270 g/mol. The summed E-state index contributed by atoms with van der Waals surface area (Å²) >= 11 is 0. The molecule has 1 unspecified atom stereocenters. The van der Waals surface area contributed by atoms with Crippen LogP contribution in [0.1, 0.15) is 52.4 Å². The molecule has 0 bridgehead atoms.